The first-order chi connectivity index (χ1) is 22.3. The predicted molar refractivity (Wildman–Crippen MR) is 164 cm³/mol. The molecule has 10 nitrogen and oxygen atoms in total. The largest absolute Gasteiger partial charge is 0.416 e. The van der Waals surface area contributed by atoms with Crippen molar-refractivity contribution in [3.8, 4) is 0 Å². The van der Waals surface area contributed by atoms with E-state index >= 15 is 0 Å². The van der Waals surface area contributed by atoms with Crippen molar-refractivity contribution < 1.29 is 26.9 Å². The van der Waals surface area contributed by atoms with Gasteiger partial charge >= 0.3 is 17.6 Å². The highest BCUT2D eigenvalue weighted by Crippen LogP contribution is 2.34. The highest BCUT2D eigenvalue weighted by Gasteiger charge is 2.35. The van der Waals surface area contributed by atoms with E-state index in [1.807, 2.05) is 4.90 Å². The fourth-order valence-corrected chi connectivity index (χ4v) is 5.84. The molecule has 0 radical (unpaired) electrons. The van der Waals surface area contributed by atoms with Crippen LogP contribution in [-0.2, 0) is 25.8 Å². The van der Waals surface area contributed by atoms with Gasteiger partial charge in [-0.3, -0.25) is 28.9 Å². The molecule has 0 unspecified atom stereocenters. The molecule has 15 heteroatoms. The van der Waals surface area contributed by atoms with Crippen LogP contribution in [0, 0.1) is 28.7 Å². The lowest BCUT2D eigenvalue weighted by Gasteiger charge is -2.37. The minimum Gasteiger partial charge on any atom is -0.363 e. The average molecular weight is 659 g/mol. The first kappa shape index (κ1) is 33.5. The van der Waals surface area contributed by atoms with E-state index in [9.17, 15) is 41.7 Å². The molecule has 248 valence electrons. The van der Waals surface area contributed by atoms with Crippen molar-refractivity contribution in [2.24, 2.45) is 5.73 Å². The van der Waals surface area contributed by atoms with Crippen LogP contribution in [0.15, 0.2) is 76.3 Å². The van der Waals surface area contributed by atoms with Gasteiger partial charge in [-0.2, -0.15) is 17.6 Å². The van der Waals surface area contributed by atoms with E-state index in [2.05, 4.69) is 0 Å². The van der Waals surface area contributed by atoms with E-state index in [0.717, 1.165) is 33.4 Å². The van der Waals surface area contributed by atoms with E-state index in [4.69, 9.17) is 5.73 Å². The molecule has 2 N–H and O–H groups in total. The van der Waals surface area contributed by atoms with Crippen molar-refractivity contribution in [1.29, 1.82) is 0 Å². The normalized spacial score (nSPS) is 14.7. The fourth-order valence-electron chi connectivity index (χ4n) is 5.84. The Kier molecular flexibility index (Phi) is 9.58. The minimum atomic E-state index is -4.91. The first-order valence-electron chi connectivity index (χ1n) is 14.7. The molecule has 5 rings (SSSR count). The van der Waals surface area contributed by atoms with Gasteiger partial charge in [0.1, 0.15) is 11.5 Å². The van der Waals surface area contributed by atoms with Crippen LogP contribution in [0.2, 0.25) is 0 Å². The number of piperazine rings is 1. The highest BCUT2D eigenvalue weighted by molar-refractivity contribution is 5.50. The van der Waals surface area contributed by atoms with Gasteiger partial charge in [-0.05, 0) is 24.6 Å². The van der Waals surface area contributed by atoms with Gasteiger partial charge in [0.15, 0.2) is 0 Å². The summed E-state index contributed by atoms with van der Waals surface area (Å²) in [5.74, 6) is -2.10. The summed E-state index contributed by atoms with van der Waals surface area (Å²) in [6.07, 6.45) is -4.91. The monoisotopic (exact) mass is 658 g/mol. The van der Waals surface area contributed by atoms with E-state index < -0.39 is 63.4 Å². The Morgan fingerprint density at radius 3 is 2.19 bits per heavy atom. The van der Waals surface area contributed by atoms with E-state index in [0.29, 0.717) is 5.56 Å². The molecule has 0 spiro atoms. The first-order valence-corrected chi connectivity index (χ1v) is 14.7. The second kappa shape index (κ2) is 13.5. The molecule has 0 amide bonds. The molecule has 47 heavy (non-hydrogen) atoms. The predicted octanol–water partition coefficient (Wildman–Crippen LogP) is 4.59. The Morgan fingerprint density at radius 1 is 0.894 bits per heavy atom. The molecule has 1 fully saturated rings. The van der Waals surface area contributed by atoms with Crippen molar-refractivity contribution in [2.45, 2.75) is 38.8 Å². The summed E-state index contributed by atoms with van der Waals surface area (Å²) >= 11 is 0. The Labute approximate surface area is 265 Å². The number of nitro benzene ring substituents is 1. The number of hydrogen-bond donors (Lipinski definition) is 1. The number of alkyl halides is 3. The van der Waals surface area contributed by atoms with Gasteiger partial charge in [-0.1, -0.05) is 48.5 Å². The zero-order chi connectivity index (χ0) is 34.0. The van der Waals surface area contributed by atoms with Gasteiger partial charge in [0.2, 0.25) is 5.82 Å². The summed E-state index contributed by atoms with van der Waals surface area (Å²) in [4.78, 5) is 41.6. The second-order valence-corrected chi connectivity index (χ2v) is 11.3. The van der Waals surface area contributed by atoms with Crippen LogP contribution in [0.5, 0.6) is 0 Å². The van der Waals surface area contributed by atoms with Crippen molar-refractivity contribution >= 4 is 11.4 Å². The zero-order valence-electron chi connectivity index (χ0n) is 25.2. The molecule has 1 aliphatic heterocycles. The summed E-state index contributed by atoms with van der Waals surface area (Å²) in [7, 11) is 0. The van der Waals surface area contributed by atoms with Gasteiger partial charge in [-0.15, -0.1) is 0 Å². The second-order valence-electron chi connectivity index (χ2n) is 11.3. The number of halogens is 5. The van der Waals surface area contributed by atoms with Gasteiger partial charge in [0.05, 0.1) is 23.6 Å². The molecule has 0 bridgehead atoms. The maximum atomic E-state index is 14.9. The third-order valence-corrected chi connectivity index (χ3v) is 8.34. The number of nitrogens with two attached hydrogens (primary N) is 1. The lowest BCUT2D eigenvalue weighted by Crippen LogP contribution is -2.51. The van der Waals surface area contributed by atoms with Gasteiger partial charge in [0.25, 0.3) is 5.56 Å². The van der Waals surface area contributed by atoms with Gasteiger partial charge < -0.3 is 10.6 Å². The van der Waals surface area contributed by atoms with Crippen LogP contribution in [0.3, 0.4) is 0 Å². The van der Waals surface area contributed by atoms with Crippen LogP contribution in [0.25, 0.3) is 0 Å². The number of nitrogens with zero attached hydrogens (tertiary/aromatic N) is 5. The Bertz CT molecular complexity index is 1900. The van der Waals surface area contributed by atoms with E-state index in [1.165, 1.54) is 19.1 Å². The molecule has 3 aromatic carbocycles. The number of aromatic nitrogens is 2. The van der Waals surface area contributed by atoms with E-state index in [-0.39, 0.29) is 56.2 Å². The van der Waals surface area contributed by atoms with Crippen LogP contribution >= 0.6 is 0 Å². The number of benzene rings is 3. The van der Waals surface area contributed by atoms with Crippen molar-refractivity contribution in [2.75, 3.05) is 31.1 Å². The minimum absolute atomic E-state index is 0.0379. The summed E-state index contributed by atoms with van der Waals surface area (Å²) in [5, 5.41) is 11.2. The molecule has 2 heterocycles. The van der Waals surface area contributed by atoms with Gasteiger partial charge in [-0.25, -0.2) is 9.18 Å². The Balaban J connectivity index is 1.52. The van der Waals surface area contributed by atoms with Crippen LogP contribution in [0.4, 0.5) is 33.3 Å². The molecule has 1 aliphatic rings. The maximum Gasteiger partial charge on any atom is 0.416 e. The quantitative estimate of drug-likeness (QED) is 0.159. The maximum absolute atomic E-state index is 14.9. The summed E-state index contributed by atoms with van der Waals surface area (Å²) in [6.45, 7) is 1.34. The molecule has 1 aromatic heterocycles. The summed E-state index contributed by atoms with van der Waals surface area (Å²) < 4.78 is 73.1. The molecule has 1 saturated heterocycles. The third kappa shape index (κ3) is 6.95. The van der Waals surface area contributed by atoms with Crippen LogP contribution in [-0.4, -0.2) is 45.1 Å². The number of rotatable bonds is 9. The molecular weight excluding hydrogens is 627 g/mol. The molecule has 0 saturated carbocycles. The van der Waals surface area contributed by atoms with Gasteiger partial charge in [0, 0.05) is 61.7 Å². The summed E-state index contributed by atoms with van der Waals surface area (Å²) in [5.41, 5.74) is 2.89. The third-order valence-electron chi connectivity index (χ3n) is 8.34. The average Bonchev–Trinajstić information content (AvgIpc) is 3.03. The van der Waals surface area contributed by atoms with Crippen molar-refractivity contribution in [1.82, 2.24) is 14.0 Å². The van der Waals surface area contributed by atoms with E-state index in [1.54, 1.807) is 35.2 Å². The molecule has 4 aromatic rings. The number of hydrogen-bond acceptors (Lipinski definition) is 7. The fraction of sp³-hybridized carbons (Fsp3) is 0.312. The Hall–Kier alpha value is -4.89. The van der Waals surface area contributed by atoms with Crippen molar-refractivity contribution in [3.05, 3.63) is 137 Å². The smallest absolute Gasteiger partial charge is 0.363 e. The van der Waals surface area contributed by atoms with Crippen molar-refractivity contribution in [3.63, 3.8) is 0 Å². The molecular formula is C32H31F5N6O4. The number of anilines is 1. The molecule has 0 aliphatic carbocycles. The summed E-state index contributed by atoms with van der Waals surface area (Å²) in [6, 6.07) is 14.3. The lowest BCUT2D eigenvalue weighted by molar-refractivity contribution is -0.387. The zero-order valence-corrected chi connectivity index (χ0v) is 25.2. The molecule has 1 atom stereocenters. The van der Waals surface area contributed by atoms with Crippen LogP contribution < -0.4 is 21.9 Å². The lowest BCUT2D eigenvalue weighted by atomic mass is 10.1. The highest BCUT2D eigenvalue weighted by atomic mass is 19.4. The number of nitro groups is 1. The standard InChI is InChI=1S/C32H31F5N6O4/c1-20-29(40-15-13-39(14-16-40)17-22-9-5-12-27(28(22)34)43(46)47)30(44)42(19-26(38)21-7-3-2-4-8-21)31(45)41(20)18-23-24(32(35,36)37)10-6-11-25(23)33/h2-12,26H,13-19,38H2,1H3/t26-/m0/s1. The topological polar surface area (TPSA) is 120 Å². The van der Waals surface area contributed by atoms with Crippen LogP contribution in [0.1, 0.15) is 34.0 Å². The SMILES string of the molecule is Cc1c(N2CCN(Cc3cccc([N+](=O)[O-])c3F)CC2)c(=O)n(C[C@H](N)c2ccccc2)c(=O)n1Cc1c(F)cccc1C(F)(F)F. The Morgan fingerprint density at radius 2 is 1.55 bits per heavy atom.